The average Bonchev–Trinajstić information content (AvgIpc) is 2.64. The van der Waals surface area contributed by atoms with Gasteiger partial charge in [0.15, 0.2) is 5.82 Å². The number of hydrogen-bond acceptors (Lipinski definition) is 6. The van der Waals surface area contributed by atoms with Crippen molar-refractivity contribution in [3.63, 3.8) is 0 Å². The smallest absolute Gasteiger partial charge is 0.233 e. The predicted molar refractivity (Wildman–Crippen MR) is 96.8 cm³/mol. The summed E-state index contributed by atoms with van der Waals surface area (Å²) in [5, 5.41) is 6.01. The zero-order valence-electron chi connectivity index (χ0n) is 14.7. The van der Waals surface area contributed by atoms with E-state index in [1.807, 2.05) is 19.1 Å². The zero-order valence-corrected chi connectivity index (χ0v) is 14.7. The Hall–Kier alpha value is -2.54. The number of likely N-dealkylation sites (tertiary alicyclic amines) is 1. The number of anilines is 2. The maximum atomic E-state index is 11.7. The molecular formula is C18H24N6O. The van der Waals surface area contributed by atoms with Gasteiger partial charge < -0.3 is 10.6 Å². The van der Waals surface area contributed by atoms with Gasteiger partial charge in [0.1, 0.15) is 5.82 Å². The summed E-state index contributed by atoms with van der Waals surface area (Å²) < 4.78 is 0. The highest BCUT2D eigenvalue weighted by atomic mass is 16.1. The molecule has 132 valence electrons. The van der Waals surface area contributed by atoms with Crippen molar-refractivity contribution >= 4 is 17.5 Å². The number of rotatable bonds is 5. The maximum absolute atomic E-state index is 11.7. The molecule has 0 aromatic carbocycles. The third-order valence-electron chi connectivity index (χ3n) is 4.51. The van der Waals surface area contributed by atoms with E-state index in [4.69, 9.17) is 0 Å². The molecule has 3 heterocycles. The highest BCUT2D eigenvalue weighted by molar-refractivity contribution is 5.77. The first kappa shape index (κ1) is 17.3. The molecule has 2 aromatic rings. The summed E-state index contributed by atoms with van der Waals surface area (Å²) in [6.07, 6.45) is 7.26. The van der Waals surface area contributed by atoms with Crippen molar-refractivity contribution in [1.82, 2.24) is 25.2 Å². The first-order valence-corrected chi connectivity index (χ1v) is 8.60. The van der Waals surface area contributed by atoms with Gasteiger partial charge in [-0.1, -0.05) is 6.07 Å². The summed E-state index contributed by atoms with van der Waals surface area (Å²) >= 11 is 0. The fraction of sp³-hybridized carbons (Fsp3) is 0.444. The van der Waals surface area contributed by atoms with Gasteiger partial charge in [-0.25, -0.2) is 9.97 Å². The van der Waals surface area contributed by atoms with Crippen LogP contribution in [0.4, 0.5) is 11.6 Å². The molecule has 0 spiro atoms. The van der Waals surface area contributed by atoms with Gasteiger partial charge in [0.25, 0.3) is 0 Å². The molecule has 0 saturated carbocycles. The molecule has 1 amide bonds. The molecule has 1 aliphatic rings. The van der Waals surface area contributed by atoms with Crippen LogP contribution in [0.1, 0.15) is 30.0 Å². The Kier molecular flexibility index (Phi) is 5.55. The molecule has 25 heavy (non-hydrogen) atoms. The van der Waals surface area contributed by atoms with E-state index in [0.29, 0.717) is 6.54 Å². The molecule has 0 bridgehead atoms. The molecule has 7 nitrogen and oxygen atoms in total. The Morgan fingerprint density at radius 3 is 2.84 bits per heavy atom. The lowest BCUT2D eigenvalue weighted by atomic mass is 9.94. The minimum Gasteiger partial charge on any atom is -0.358 e. The van der Waals surface area contributed by atoms with Gasteiger partial charge >= 0.3 is 0 Å². The van der Waals surface area contributed by atoms with Crippen LogP contribution in [-0.4, -0.2) is 52.4 Å². The largest absolute Gasteiger partial charge is 0.358 e. The third-order valence-corrected chi connectivity index (χ3v) is 4.51. The van der Waals surface area contributed by atoms with Crippen molar-refractivity contribution in [1.29, 1.82) is 0 Å². The number of amides is 1. The standard InChI is InChI=1S/C18H24N6O/c1-13-5-3-7-21-17(13)23-18-16(20-8-9-22-18)14-6-4-10-24(11-14)12-15(25)19-2/h3,5,7-9,14H,4,6,10-12H2,1-2H3,(H,19,25)(H,21,22,23)/t14-/m1/s1. The van der Waals surface area contributed by atoms with E-state index in [2.05, 4.69) is 30.5 Å². The number of nitrogens with one attached hydrogen (secondary N) is 2. The highest BCUT2D eigenvalue weighted by Crippen LogP contribution is 2.30. The zero-order chi connectivity index (χ0) is 17.6. The number of aryl methyl sites for hydroxylation is 1. The van der Waals surface area contributed by atoms with Crippen LogP contribution >= 0.6 is 0 Å². The van der Waals surface area contributed by atoms with Gasteiger partial charge in [0.2, 0.25) is 5.91 Å². The molecule has 1 atom stereocenters. The van der Waals surface area contributed by atoms with Crippen LogP contribution < -0.4 is 10.6 Å². The second-order valence-electron chi connectivity index (χ2n) is 6.33. The number of carbonyl (C=O) groups excluding carboxylic acids is 1. The molecule has 0 radical (unpaired) electrons. The van der Waals surface area contributed by atoms with Gasteiger partial charge in [-0.15, -0.1) is 0 Å². The van der Waals surface area contributed by atoms with E-state index in [9.17, 15) is 4.79 Å². The van der Waals surface area contributed by atoms with E-state index in [1.165, 1.54) is 0 Å². The summed E-state index contributed by atoms with van der Waals surface area (Å²) in [6.45, 7) is 4.18. The quantitative estimate of drug-likeness (QED) is 0.864. The SMILES string of the molecule is CNC(=O)CN1CCC[C@@H](c2nccnc2Nc2ncccc2C)C1. The number of hydrogen-bond donors (Lipinski definition) is 2. The molecule has 0 aliphatic carbocycles. The molecule has 7 heteroatoms. The van der Waals surface area contributed by atoms with Crippen LogP contribution in [0.2, 0.25) is 0 Å². The fourth-order valence-corrected chi connectivity index (χ4v) is 3.18. The molecule has 1 aliphatic heterocycles. The monoisotopic (exact) mass is 340 g/mol. The number of nitrogens with zero attached hydrogens (tertiary/aromatic N) is 4. The predicted octanol–water partition coefficient (Wildman–Crippen LogP) is 1.85. The van der Waals surface area contributed by atoms with E-state index >= 15 is 0 Å². The summed E-state index contributed by atoms with van der Waals surface area (Å²) in [5.74, 6) is 1.83. The topological polar surface area (TPSA) is 83.0 Å². The molecule has 2 N–H and O–H groups in total. The molecular weight excluding hydrogens is 316 g/mol. The summed E-state index contributed by atoms with van der Waals surface area (Å²) in [4.78, 5) is 27.3. The van der Waals surface area contributed by atoms with Gasteiger partial charge in [-0.2, -0.15) is 0 Å². The minimum absolute atomic E-state index is 0.0438. The molecule has 2 aromatic heterocycles. The molecule has 3 rings (SSSR count). The number of likely N-dealkylation sites (N-methyl/N-ethyl adjacent to an activating group) is 1. The molecule has 0 unspecified atom stereocenters. The minimum atomic E-state index is 0.0438. The van der Waals surface area contributed by atoms with Crippen molar-refractivity contribution < 1.29 is 4.79 Å². The Balaban J connectivity index is 1.78. The normalized spacial score (nSPS) is 17.9. The Labute approximate surface area is 147 Å². The lowest BCUT2D eigenvalue weighted by Crippen LogP contribution is -2.41. The number of pyridine rings is 1. The average molecular weight is 340 g/mol. The van der Waals surface area contributed by atoms with Crippen molar-refractivity contribution in [2.75, 3.05) is 32.0 Å². The second-order valence-corrected chi connectivity index (χ2v) is 6.33. The van der Waals surface area contributed by atoms with Crippen LogP contribution in [0.15, 0.2) is 30.7 Å². The summed E-state index contributed by atoms with van der Waals surface area (Å²) in [5.41, 5.74) is 2.00. The highest BCUT2D eigenvalue weighted by Gasteiger charge is 2.26. The lowest BCUT2D eigenvalue weighted by molar-refractivity contribution is -0.122. The third kappa shape index (κ3) is 4.30. The number of aromatic nitrogens is 3. The summed E-state index contributed by atoms with van der Waals surface area (Å²) in [6, 6.07) is 3.92. The summed E-state index contributed by atoms with van der Waals surface area (Å²) in [7, 11) is 1.67. The first-order valence-electron chi connectivity index (χ1n) is 8.60. The van der Waals surface area contributed by atoms with Crippen molar-refractivity contribution in [3.05, 3.63) is 42.0 Å². The number of carbonyl (C=O) groups is 1. The van der Waals surface area contributed by atoms with Gasteiger partial charge in [0.05, 0.1) is 12.2 Å². The van der Waals surface area contributed by atoms with Crippen molar-refractivity contribution in [2.24, 2.45) is 0 Å². The van der Waals surface area contributed by atoms with E-state index in [1.54, 1.807) is 25.6 Å². The van der Waals surface area contributed by atoms with Gasteiger partial charge in [0, 0.05) is 38.1 Å². The van der Waals surface area contributed by atoms with Crippen molar-refractivity contribution in [3.8, 4) is 0 Å². The molecule has 1 saturated heterocycles. The van der Waals surface area contributed by atoms with Crippen molar-refractivity contribution in [2.45, 2.75) is 25.7 Å². The van der Waals surface area contributed by atoms with Gasteiger partial charge in [-0.05, 0) is 37.9 Å². The van der Waals surface area contributed by atoms with E-state index in [-0.39, 0.29) is 11.8 Å². The van der Waals surface area contributed by atoms with Crippen LogP contribution in [-0.2, 0) is 4.79 Å². The van der Waals surface area contributed by atoms with Crippen LogP contribution in [0.5, 0.6) is 0 Å². The Morgan fingerprint density at radius 2 is 2.04 bits per heavy atom. The van der Waals surface area contributed by atoms with Gasteiger partial charge in [-0.3, -0.25) is 14.7 Å². The van der Waals surface area contributed by atoms with Crippen LogP contribution in [0.25, 0.3) is 0 Å². The molecule has 1 fully saturated rings. The second kappa shape index (κ2) is 8.02. The van der Waals surface area contributed by atoms with Crippen LogP contribution in [0.3, 0.4) is 0 Å². The first-order chi connectivity index (χ1) is 12.2. The van der Waals surface area contributed by atoms with E-state index < -0.39 is 0 Å². The van der Waals surface area contributed by atoms with Crippen LogP contribution in [0, 0.1) is 6.92 Å². The lowest BCUT2D eigenvalue weighted by Gasteiger charge is -2.32. The number of piperidine rings is 1. The van der Waals surface area contributed by atoms with E-state index in [0.717, 1.165) is 48.8 Å². The Bertz CT molecular complexity index is 735. The Morgan fingerprint density at radius 1 is 1.24 bits per heavy atom. The maximum Gasteiger partial charge on any atom is 0.233 e. The fourth-order valence-electron chi connectivity index (χ4n) is 3.18.